The van der Waals surface area contributed by atoms with E-state index in [4.69, 9.17) is 0 Å². The lowest BCUT2D eigenvalue weighted by Crippen LogP contribution is -2.23. The topological polar surface area (TPSA) is 101 Å². The molecular weight excluding hydrogens is 396 g/mol. The molecule has 1 aliphatic heterocycles. The summed E-state index contributed by atoms with van der Waals surface area (Å²) in [6.45, 7) is 0.176. The van der Waals surface area contributed by atoms with Crippen LogP contribution in [-0.4, -0.2) is 31.7 Å². The third-order valence-electron chi connectivity index (χ3n) is 4.12. The van der Waals surface area contributed by atoms with Crippen molar-refractivity contribution < 1.29 is 13.2 Å². The fraction of sp³-hybridized carbons (Fsp3) is 0.105. The van der Waals surface area contributed by atoms with Gasteiger partial charge in [-0.3, -0.25) is 14.5 Å². The lowest BCUT2D eigenvalue weighted by atomic mass is 10.2. The smallest absolute Gasteiger partial charge is 0.263 e. The molecule has 0 fully saturated rings. The summed E-state index contributed by atoms with van der Waals surface area (Å²) in [6.07, 6.45) is 1.89. The van der Waals surface area contributed by atoms with Crippen molar-refractivity contribution in [1.29, 1.82) is 0 Å². The van der Waals surface area contributed by atoms with Gasteiger partial charge in [0, 0.05) is 34.8 Å². The molecule has 0 saturated carbocycles. The van der Waals surface area contributed by atoms with E-state index in [9.17, 15) is 13.2 Å². The average molecular weight is 412 g/mol. The number of anilines is 1. The van der Waals surface area contributed by atoms with Gasteiger partial charge >= 0.3 is 0 Å². The van der Waals surface area contributed by atoms with Crippen LogP contribution in [0.3, 0.4) is 0 Å². The zero-order valence-electron chi connectivity index (χ0n) is 14.6. The van der Waals surface area contributed by atoms with E-state index < -0.39 is 10.0 Å². The number of sulfonamides is 1. The molecule has 28 heavy (non-hydrogen) atoms. The van der Waals surface area contributed by atoms with E-state index in [0.717, 1.165) is 10.6 Å². The van der Waals surface area contributed by atoms with E-state index in [1.54, 1.807) is 35.7 Å². The molecule has 1 aliphatic rings. The van der Waals surface area contributed by atoms with Crippen molar-refractivity contribution in [3.63, 3.8) is 0 Å². The lowest BCUT2D eigenvalue weighted by molar-refractivity contribution is -0.116. The Balaban J connectivity index is 1.36. The molecule has 0 radical (unpaired) electrons. The van der Waals surface area contributed by atoms with Gasteiger partial charge in [-0.1, -0.05) is 12.1 Å². The SMILES string of the molecule is O=C(CCN=C1NS(=O)(=O)c2ccccc21)Nc1ccc(-c2nccs2)cc1. The number of rotatable bonds is 5. The van der Waals surface area contributed by atoms with Gasteiger partial charge in [0.15, 0.2) is 0 Å². The van der Waals surface area contributed by atoms with Gasteiger partial charge < -0.3 is 5.32 Å². The number of nitrogens with one attached hydrogen (secondary N) is 2. The monoisotopic (exact) mass is 412 g/mol. The van der Waals surface area contributed by atoms with Gasteiger partial charge in [0.25, 0.3) is 10.0 Å². The Bertz CT molecular complexity index is 1140. The predicted octanol–water partition coefficient (Wildman–Crippen LogP) is 2.88. The molecule has 0 unspecified atom stereocenters. The van der Waals surface area contributed by atoms with Crippen LogP contribution in [0.2, 0.25) is 0 Å². The Morgan fingerprint density at radius 2 is 1.93 bits per heavy atom. The third-order valence-corrected chi connectivity index (χ3v) is 6.34. The molecule has 0 aliphatic carbocycles. The number of fused-ring (bicyclic) bond motifs is 1. The van der Waals surface area contributed by atoms with Crippen molar-refractivity contribution in [3.05, 3.63) is 65.7 Å². The maximum atomic E-state index is 12.1. The maximum Gasteiger partial charge on any atom is 0.263 e. The molecular formula is C19H16N4O3S2. The minimum Gasteiger partial charge on any atom is -0.326 e. The van der Waals surface area contributed by atoms with Crippen molar-refractivity contribution in [2.45, 2.75) is 11.3 Å². The number of amides is 1. The van der Waals surface area contributed by atoms with Crippen LogP contribution in [0.15, 0.2) is 70.0 Å². The first kappa shape index (κ1) is 18.3. The van der Waals surface area contributed by atoms with Crippen LogP contribution in [0.5, 0.6) is 0 Å². The Hall–Kier alpha value is -3.04. The predicted molar refractivity (Wildman–Crippen MR) is 109 cm³/mol. The number of amidine groups is 1. The van der Waals surface area contributed by atoms with Crippen LogP contribution >= 0.6 is 11.3 Å². The molecule has 9 heteroatoms. The second kappa shape index (κ2) is 7.53. The number of aromatic nitrogens is 1. The summed E-state index contributed by atoms with van der Waals surface area (Å²) >= 11 is 1.55. The van der Waals surface area contributed by atoms with E-state index in [0.29, 0.717) is 11.3 Å². The molecule has 0 spiro atoms. The molecule has 2 aromatic carbocycles. The number of thiazole rings is 1. The first-order valence-electron chi connectivity index (χ1n) is 8.49. The molecule has 1 amide bonds. The zero-order valence-corrected chi connectivity index (χ0v) is 16.3. The number of benzene rings is 2. The van der Waals surface area contributed by atoms with Gasteiger partial charge in [0.05, 0.1) is 11.4 Å². The highest BCUT2D eigenvalue weighted by Crippen LogP contribution is 2.24. The third kappa shape index (κ3) is 3.80. The quantitative estimate of drug-likeness (QED) is 0.673. The molecule has 0 saturated heterocycles. The molecule has 3 aromatic rings. The van der Waals surface area contributed by atoms with Crippen LogP contribution in [0.25, 0.3) is 10.6 Å². The van der Waals surface area contributed by atoms with Gasteiger partial charge in [-0.15, -0.1) is 11.3 Å². The second-order valence-corrected chi connectivity index (χ2v) is 8.59. The van der Waals surface area contributed by atoms with Gasteiger partial charge in [-0.05, 0) is 36.4 Å². The number of hydrogen-bond donors (Lipinski definition) is 2. The Labute approximate surface area is 166 Å². The molecule has 1 aromatic heterocycles. The van der Waals surface area contributed by atoms with Crippen LogP contribution in [0.4, 0.5) is 5.69 Å². The fourth-order valence-corrected chi connectivity index (χ4v) is 4.70. The fourth-order valence-electron chi connectivity index (χ4n) is 2.81. The summed E-state index contributed by atoms with van der Waals surface area (Å²) in [5.41, 5.74) is 2.21. The van der Waals surface area contributed by atoms with E-state index in [1.165, 1.54) is 6.07 Å². The van der Waals surface area contributed by atoms with Crippen molar-refractivity contribution >= 4 is 38.8 Å². The van der Waals surface area contributed by atoms with Crippen molar-refractivity contribution in [3.8, 4) is 10.6 Å². The number of hydrogen-bond acceptors (Lipinski definition) is 6. The summed E-state index contributed by atoms with van der Waals surface area (Å²) in [7, 11) is -3.56. The highest BCUT2D eigenvalue weighted by atomic mass is 32.2. The molecule has 0 bridgehead atoms. The van der Waals surface area contributed by atoms with Crippen molar-refractivity contribution in [1.82, 2.24) is 9.71 Å². The number of carbonyl (C=O) groups is 1. The molecule has 2 heterocycles. The Morgan fingerprint density at radius 1 is 1.14 bits per heavy atom. The largest absolute Gasteiger partial charge is 0.326 e. The van der Waals surface area contributed by atoms with Crippen LogP contribution in [-0.2, 0) is 14.8 Å². The number of carbonyl (C=O) groups excluding carboxylic acids is 1. The van der Waals surface area contributed by atoms with Crippen LogP contribution < -0.4 is 10.0 Å². The normalized spacial score (nSPS) is 15.8. The summed E-state index contributed by atoms with van der Waals surface area (Å²) in [4.78, 5) is 20.8. The Morgan fingerprint density at radius 3 is 2.68 bits per heavy atom. The molecule has 7 nitrogen and oxygen atoms in total. The van der Waals surface area contributed by atoms with Gasteiger partial charge in [0.2, 0.25) is 5.91 Å². The summed E-state index contributed by atoms with van der Waals surface area (Å²) in [6, 6.07) is 14.1. The number of nitrogens with zero attached hydrogens (tertiary/aromatic N) is 2. The van der Waals surface area contributed by atoms with Crippen LogP contribution in [0.1, 0.15) is 12.0 Å². The van der Waals surface area contributed by atoms with E-state index in [-0.39, 0.29) is 29.6 Å². The Kier molecular flexibility index (Phi) is 4.93. The first-order valence-corrected chi connectivity index (χ1v) is 10.9. The van der Waals surface area contributed by atoms with E-state index >= 15 is 0 Å². The summed E-state index contributed by atoms with van der Waals surface area (Å²) in [5.74, 6) is 0.0803. The lowest BCUT2D eigenvalue weighted by Gasteiger charge is -2.05. The highest BCUT2D eigenvalue weighted by molar-refractivity contribution is 7.90. The molecule has 2 N–H and O–H groups in total. The molecule has 142 valence electrons. The minimum atomic E-state index is -3.56. The maximum absolute atomic E-state index is 12.1. The number of aliphatic imine (C=N–C) groups is 1. The first-order chi connectivity index (χ1) is 13.5. The van der Waals surface area contributed by atoms with Crippen molar-refractivity contribution in [2.24, 2.45) is 4.99 Å². The summed E-state index contributed by atoms with van der Waals surface area (Å²) in [5, 5.41) is 5.65. The minimum absolute atomic E-state index is 0.141. The standard InChI is InChI=1S/C19H16N4O3S2/c24-17(22-14-7-5-13(6-8-14)19-21-11-12-27-19)9-10-20-18-15-3-1-2-4-16(15)28(25,26)23-18/h1-8,11-12H,9-10H2,(H,20,23)(H,22,24). The van der Waals surface area contributed by atoms with Crippen molar-refractivity contribution in [2.75, 3.05) is 11.9 Å². The zero-order chi connectivity index (χ0) is 19.6. The molecule has 4 rings (SSSR count). The van der Waals surface area contributed by atoms with Gasteiger partial charge in [0.1, 0.15) is 10.8 Å². The van der Waals surface area contributed by atoms with E-state index in [2.05, 4.69) is 20.0 Å². The van der Waals surface area contributed by atoms with Gasteiger partial charge in [-0.25, -0.2) is 13.4 Å². The van der Waals surface area contributed by atoms with Gasteiger partial charge in [-0.2, -0.15) is 0 Å². The molecule has 0 atom stereocenters. The average Bonchev–Trinajstić information content (AvgIpc) is 3.30. The van der Waals surface area contributed by atoms with E-state index in [1.807, 2.05) is 29.6 Å². The summed E-state index contributed by atoms with van der Waals surface area (Å²) < 4.78 is 26.5. The van der Waals surface area contributed by atoms with Crippen LogP contribution in [0, 0.1) is 0 Å². The highest BCUT2D eigenvalue weighted by Gasteiger charge is 2.29. The second-order valence-electron chi connectivity index (χ2n) is 6.04.